The zero-order valence-corrected chi connectivity index (χ0v) is 23.8. The number of aromatic nitrogens is 1. The quantitative estimate of drug-likeness (QED) is 0.112. The number of aliphatic carboxylic acids is 2. The molecule has 0 radical (unpaired) electrons. The number of carbonyl (C=O) groups is 2. The largest absolute Gasteiger partial charge is 0.494 e. The maximum atomic E-state index is 11.5. The lowest BCUT2D eigenvalue weighted by molar-refractivity contribution is -0.137. The number of rotatable bonds is 15. The van der Waals surface area contributed by atoms with E-state index in [9.17, 15) is 14.7 Å². The molecule has 1 heterocycles. The van der Waals surface area contributed by atoms with Crippen molar-refractivity contribution in [1.82, 2.24) is 4.57 Å². The highest BCUT2D eigenvalue weighted by molar-refractivity contribution is 6.31. The van der Waals surface area contributed by atoms with Crippen LogP contribution in [0.4, 0.5) is 0 Å². The Morgan fingerprint density at radius 3 is 2.34 bits per heavy atom. The Labute approximate surface area is 244 Å². The average Bonchev–Trinajstić information content (AvgIpc) is 3.29. The van der Waals surface area contributed by atoms with E-state index in [0.717, 1.165) is 51.9 Å². The summed E-state index contributed by atoms with van der Waals surface area (Å²) < 4.78 is 13.7. The lowest BCUT2D eigenvalue weighted by atomic mass is 10.0. The number of carboxylic acid groups (broad SMARTS) is 2. The van der Waals surface area contributed by atoms with Crippen molar-refractivity contribution in [2.24, 2.45) is 0 Å². The molecule has 0 saturated heterocycles. The molecule has 4 rings (SSSR count). The predicted molar refractivity (Wildman–Crippen MR) is 162 cm³/mol. The van der Waals surface area contributed by atoms with E-state index in [2.05, 4.69) is 0 Å². The molecular weight excluding hydrogens is 542 g/mol. The van der Waals surface area contributed by atoms with Gasteiger partial charge in [0.05, 0.1) is 19.6 Å². The lowest BCUT2D eigenvalue weighted by Gasteiger charge is -2.10. The summed E-state index contributed by atoms with van der Waals surface area (Å²) >= 11 is 6.14. The van der Waals surface area contributed by atoms with Crippen LogP contribution >= 0.6 is 11.6 Å². The molecule has 0 fully saturated rings. The van der Waals surface area contributed by atoms with E-state index < -0.39 is 11.9 Å². The van der Waals surface area contributed by atoms with Crippen LogP contribution in [0.15, 0.2) is 66.9 Å². The molecule has 2 N–H and O–H groups in total. The highest BCUT2D eigenvalue weighted by Gasteiger charge is 2.14. The number of nitrogens with zero attached hydrogens (tertiary/aromatic N) is 1. The highest BCUT2D eigenvalue weighted by atomic mass is 35.5. The van der Waals surface area contributed by atoms with Crippen LogP contribution in [0, 0.1) is 6.92 Å². The molecule has 3 aromatic carbocycles. The molecule has 8 heteroatoms. The van der Waals surface area contributed by atoms with E-state index in [-0.39, 0.29) is 12.8 Å². The number of hydrogen-bond acceptors (Lipinski definition) is 4. The third-order valence-electron chi connectivity index (χ3n) is 6.77. The summed E-state index contributed by atoms with van der Waals surface area (Å²) in [5, 5.41) is 20.0. The number of carboxylic acids is 2. The Morgan fingerprint density at radius 1 is 0.878 bits per heavy atom. The van der Waals surface area contributed by atoms with Crippen LogP contribution in [0.1, 0.15) is 47.9 Å². The van der Waals surface area contributed by atoms with E-state index in [1.165, 1.54) is 0 Å². The first-order valence-corrected chi connectivity index (χ1v) is 14.0. The Morgan fingerprint density at radius 2 is 1.61 bits per heavy atom. The summed E-state index contributed by atoms with van der Waals surface area (Å²) in [6.45, 7) is 3.64. The lowest BCUT2D eigenvalue weighted by Crippen LogP contribution is -2.03. The third kappa shape index (κ3) is 8.38. The first kappa shape index (κ1) is 29.7. The first-order valence-electron chi connectivity index (χ1n) is 13.6. The van der Waals surface area contributed by atoms with E-state index in [4.69, 9.17) is 26.2 Å². The number of halogens is 1. The summed E-state index contributed by atoms with van der Waals surface area (Å²) in [6.07, 6.45) is 7.94. The predicted octanol–water partition coefficient (Wildman–Crippen LogP) is 7.50. The van der Waals surface area contributed by atoms with Crippen LogP contribution in [0.5, 0.6) is 11.5 Å². The number of hydrogen-bond donors (Lipinski definition) is 2. The average molecular weight is 576 g/mol. The summed E-state index contributed by atoms with van der Waals surface area (Å²) in [7, 11) is 0. The molecule has 0 aliphatic rings. The molecule has 41 heavy (non-hydrogen) atoms. The van der Waals surface area contributed by atoms with Gasteiger partial charge in [0.1, 0.15) is 11.5 Å². The van der Waals surface area contributed by atoms with E-state index >= 15 is 0 Å². The molecule has 1 aromatic heterocycles. The fourth-order valence-electron chi connectivity index (χ4n) is 4.67. The van der Waals surface area contributed by atoms with Gasteiger partial charge in [0.25, 0.3) is 0 Å². The summed E-state index contributed by atoms with van der Waals surface area (Å²) in [5.41, 5.74) is 4.44. The van der Waals surface area contributed by atoms with Crippen molar-refractivity contribution in [3.8, 4) is 11.5 Å². The molecule has 7 nitrogen and oxygen atoms in total. The van der Waals surface area contributed by atoms with Gasteiger partial charge < -0.3 is 24.3 Å². The number of benzene rings is 3. The SMILES string of the molecule is Cc1c(Cl)cccc1OCCCCOc1ccc(/C=C/c2cccc3c2c(CC(=O)O)cn3CCCC(=O)O)cc1. The van der Waals surface area contributed by atoms with Crippen LogP contribution in [0.3, 0.4) is 0 Å². The van der Waals surface area contributed by atoms with Crippen LogP contribution in [-0.2, 0) is 22.6 Å². The zero-order chi connectivity index (χ0) is 29.2. The van der Waals surface area contributed by atoms with Gasteiger partial charge in [-0.1, -0.05) is 54.1 Å². The Kier molecular flexibility index (Phi) is 10.5. The van der Waals surface area contributed by atoms with Gasteiger partial charge in [-0.15, -0.1) is 0 Å². The van der Waals surface area contributed by atoms with Gasteiger partial charge in [0, 0.05) is 40.7 Å². The van der Waals surface area contributed by atoms with Crippen LogP contribution in [0.2, 0.25) is 5.02 Å². The van der Waals surface area contributed by atoms with Crippen LogP contribution < -0.4 is 9.47 Å². The number of unbranched alkanes of at least 4 members (excludes halogenated alkanes) is 1. The minimum atomic E-state index is -0.910. The summed E-state index contributed by atoms with van der Waals surface area (Å²) in [6, 6.07) is 19.3. The van der Waals surface area contributed by atoms with Gasteiger partial charge in [0.15, 0.2) is 0 Å². The number of ether oxygens (including phenoxy) is 2. The summed E-state index contributed by atoms with van der Waals surface area (Å²) in [5.74, 6) is -0.155. The molecule has 0 aliphatic carbocycles. The monoisotopic (exact) mass is 575 g/mol. The molecule has 0 bridgehead atoms. The van der Waals surface area contributed by atoms with Crippen LogP contribution in [0.25, 0.3) is 23.1 Å². The molecule has 0 spiro atoms. The Hall–Kier alpha value is -4.23. The fourth-order valence-corrected chi connectivity index (χ4v) is 4.84. The molecular formula is C33H34ClNO6. The van der Waals surface area contributed by atoms with E-state index in [0.29, 0.717) is 36.8 Å². The Balaban J connectivity index is 1.34. The van der Waals surface area contributed by atoms with E-state index in [1.807, 2.05) is 90.5 Å². The van der Waals surface area contributed by atoms with Crippen molar-refractivity contribution in [3.63, 3.8) is 0 Å². The second kappa shape index (κ2) is 14.4. The zero-order valence-electron chi connectivity index (χ0n) is 23.0. The second-order valence-corrected chi connectivity index (χ2v) is 10.2. The van der Waals surface area contributed by atoms with Crippen molar-refractivity contribution in [2.75, 3.05) is 13.2 Å². The molecule has 0 unspecified atom stereocenters. The van der Waals surface area contributed by atoms with Gasteiger partial charge in [-0.3, -0.25) is 9.59 Å². The van der Waals surface area contributed by atoms with Gasteiger partial charge >= 0.3 is 11.9 Å². The van der Waals surface area contributed by atoms with Crippen LogP contribution in [-0.4, -0.2) is 39.9 Å². The maximum absolute atomic E-state index is 11.5. The van der Waals surface area contributed by atoms with Crippen molar-refractivity contribution < 1.29 is 29.3 Å². The topological polar surface area (TPSA) is 98.0 Å². The van der Waals surface area contributed by atoms with Gasteiger partial charge in [-0.05, 0) is 73.2 Å². The molecule has 4 aromatic rings. The minimum absolute atomic E-state index is 0.0609. The fraction of sp³-hybridized carbons (Fsp3) is 0.273. The van der Waals surface area contributed by atoms with Crippen molar-refractivity contribution in [3.05, 3.63) is 94.1 Å². The number of aryl methyl sites for hydroxylation is 1. The van der Waals surface area contributed by atoms with Crippen molar-refractivity contribution in [2.45, 2.75) is 45.6 Å². The smallest absolute Gasteiger partial charge is 0.307 e. The Bertz CT molecular complexity index is 1520. The minimum Gasteiger partial charge on any atom is -0.494 e. The summed E-state index contributed by atoms with van der Waals surface area (Å²) in [4.78, 5) is 22.5. The third-order valence-corrected chi connectivity index (χ3v) is 7.18. The standard InChI is InChI=1S/C33H34ClNO6/c1-23-28(34)8-5-10-30(23)41-20-3-2-19-40-27-16-13-24(14-17-27)12-15-25-7-4-9-29-33(25)26(21-32(38)39)22-35(29)18-6-11-31(36)37/h4-5,7-10,12-17,22H,2-3,6,11,18-21H2,1H3,(H,36,37)(H,38,39)/b15-12+. The molecule has 0 aliphatic heterocycles. The maximum Gasteiger partial charge on any atom is 0.307 e. The van der Waals surface area contributed by atoms with Crippen molar-refractivity contribution in [1.29, 1.82) is 0 Å². The van der Waals surface area contributed by atoms with Gasteiger partial charge in [-0.25, -0.2) is 0 Å². The van der Waals surface area contributed by atoms with Gasteiger partial charge in [0.2, 0.25) is 0 Å². The normalized spacial score (nSPS) is 11.3. The van der Waals surface area contributed by atoms with Gasteiger partial charge in [-0.2, -0.15) is 0 Å². The highest BCUT2D eigenvalue weighted by Crippen LogP contribution is 2.28. The second-order valence-electron chi connectivity index (χ2n) is 9.83. The first-order chi connectivity index (χ1) is 19.8. The molecule has 0 amide bonds. The van der Waals surface area contributed by atoms with E-state index in [1.54, 1.807) is 0 Å². The molecule has 0 atom stereocenters. The molecule has 0 saturated carbocycles. The van der Waals surface area contributed by atoms with Crippen molar-refractivity contribution >= 4 is 46.6 Å². The number of fused-ring (bicyclic) bond motifs is 1. The molecule has 214 valence electrons.